The second-order valence-corrected chi connectivity index (χ2v) is 6.44. The summed E-state index contributed by atoms with van der Waals surface area (Å²) in [4.78, 5) is 0. The summed E-state index contributed by atoms with van der Waals surface area (Å²) in [7, 11) is 0. The van der Waals surface area contributed by atoms with Crippen LogP contribution in [-0.4, -0.2) is 0 Å². The van der Waals surface area contributed by atoms with E-state index in [1.807, 2.05) is 0 Å². The second kappa shape index (κ2) is 6.56. The number of hydrogen-bond donors (Lipinski definition) is 0. The Kier molecular flexibility index (Phi) is 5.04. The second-order valence-electron chi connectivity index (χ2n) is 5.53. The van der Waals surface area contributed by atoms with Crippen LogP contribution >= 0.6 is 15.9 Å². The Bertz CT molecular complexity index is 476. The molecule has 1 saturated carbocycles. The van der Waals surface area contributed by atoms with Crippen molar-refractivity contribution in [1.29, 1.82) is 0 Å². The van der Waals surface area contributed by atoms with E-state index in [4.69, 9.17) is 0 Å². The van der Waals surface area contributed by atoms with Crippen LogP contribution in [-0.2, 0) is 5.41 Å². The molecule has 102 valence electrons. The summed E-state index contributed by atoms with van der Waals surface area (Å²) in [5.41, 5.74) is 3.23. The van der Waals surface area contributed by atoms with Crippen molar-refractivity contribution in [2.45, 2.75) is 51.4 Å². The first kappa shape index (κ1) is 14.6. The number of halogens is 1. The molecule has 0 aromatic heterocycles. The molecule has 2 rings (SSSR count). The van der Waals surface area contributed by atoms with Crippen LogP contribution in [0.5, 0.6) is 0 Å². The molecule has 0 saturated heterocycles. The molecule has 0 heterocycles. The van der Waals surface area contributed by atoms with Gasteiger partial charge in [0.1, 0.15) is 0 Å². The third-order valence-electron chi connectivity index (χ3n) is 4.38. The minimum Gasteiger partial charge on any atom is -0.0877 e. The zero-order chi connectivity index (χ0) is 13.7. The van der Waals surface area contributed by atoms with Gasteiger partial charge in [0.25, 0.3) is 0 Å². The van der Waals surface area contributed by atoms with E-state index >= 15 is 0 Å². The van der Waals surface area contributed by atoms with Crippen LogP contribution in [0, 0.1) is 0 Å². The summed E-state index contributed by atoms with van der Waals surface area (Å²) in [5, 5.41) is 0. The average molecular weight is 319 g/mol. The predicted molar refractivity (Wildman–Crippen MR) is 87.5 cm³/mol. The Labute approximate surface area is 125 Å². The SMILES string of the molecule is C/C=C\C=C(/C)C1(c2cccc(Br)c2)CCCCC1. The Morgan fingerprint density at radius 2 is 1.95 bits per heavy atom. The van der Waals surface area contributed by atoms with E-state index < -0.39 is 0 Å². The molecule has 0 aliphatic heterocycles. The molecule has 1 aliphatic rings. The Balaban J connectivity index is 2.45. The topological polar surface area (TPSA) is 0 Å². The van der Waals surface area contributed by atoms with Crippen molar-refractivity contribution in [3.63, 3.8) is 0 Å². The molecule has 0 radical (unpaired) electrons. The standard InChI is InChI=1S/C18H23Br/c1-3-4-9-15(2)18(12-6-5-7-13-18)16-10-8-11-17(19)14-16/h3-4,8-11,14H,5-7,12-13H2,1-2H3/b4-3-,15-9+. The lowest BCUT2D eigenvalue weighted by Gasteiger charge is -2.39. The monoisotopic (exact) mass is 318 g/mol. The number of rotatable bonds is 3. The fourth-order valence-corrected chi connectivity index (χ4v) is 3.65. The van der Waals surface area contributed by atoms with Gasteiger partial charge in [-0.1, -0.05) is 71.1 Å². The van der Waals surface area contributed by atoms with Gasteiger partial charge in [0.05, 0.1) is 0 Å². The van der Waals surface area contributed by atoms with Crippen molar-refractivity contribution in [1.82, 2.24) is 0 Å². The van der Waals surface area contributed by atoms with Crippen LogP contribution in [0.25, 0.3) is 0 Å². The third-order valence-corrected chi connectivity index (χ3v) is 4.87. The Morgan fingerprint density at radius 1 is 1.21 bits per heavy atom. The highest BCUT2D eigenvalue weighted by Crippen LogP contribution is 2.45. The van der Waals surface area contributed by atoms with Gasteiger partial charge in [0.2, 0.25) is 0 Å². The predicted octanol–water partition coefficient (Wildman–Crippen LogP) is 6.17. The molecule has 0 bridgehead atoms. The molecular formula is C18H23Br. The minimum atomic E-state index is 0.252. The number of benzene rings is 1. The van der Waals surface area contributed by atoms with Gasteiger partial charge in [0, 0.05) is 9.89 Å². The molecule has 1 aliphatic carbocycles. The van der Waals surface area contributed by atoms with Crippen molar-refractivity contribution < 1.29 is 0 Å². The molecule has 0 N–H and O–H groups in total. The van der Waals surface area contributed by atoms with Crippen LogP contribution in [0.15, 0.2) is 52.5 Å². The smallest absolute Gasteiger partial charge is 0.0178 e. The molecule has 0 spiro atoms. The van der Waals surface area contributed by atoms with E-state index in [9.17, 15) is 0 Å². The minimum absolute atomic E-state index is 0.252. The van der Waals surface area contributed by atoms with Crippen molar-refractivity contribution in [3.8, 4) is 0 Å². The zero-order valence-corrected chi connectivity index (χ0v) is 13.5. The summed E-state index contributed by atoms with van der Waals surface area (Å²) in [6.07, 6.45) is 13.2. The average Bonchev–Trinajstić information content (AvgIpc) is 2.45. The maximum atomic E-state index is 3.62. The fraction of sp³-hybridized carbons (Fsp3) is 0.444. The molecule has 1 aromatic carbocycles. The third kappa shape index (κ3) is 3.20. The molecule has 0 atom stereocenters. The Hall–Kier alpha value is -0.820. The van der Waals surface area contributed by atoms with Crippen LogP contribution < -0.4 is 0 Å². The number of allylic oxidation sites excluding steroid dienone is 4. The van der Waals surface area contributed by atoms with E-state index in [0.29, 0.717) is 0 Å². The molecule has 0 amide bonds. The van der Waals surface area contributed by atoms with E-state index in [0.717, 1.165) is 0 Å². The van der Waals surface area contributed by atoms with E-state index in [1.165, 1.54) is 47.7 Å². The first-order valence-electron chi connectivity index (χ1n) is 7.25. The van der Waals surface area contributed by atoms with Gasteiger partial charge in [-0.05, 0) is 44.4 Å². The van der Waals surface area contributed by atoms with Crippen LogP contribution in [0.4, 0.5) is 0 Å². The summed E-state index contributed by atoms with van der Waals surface area (Å²) in [6.45, 7) is 4.38. The molecule has 0 unspecified atom stereocenters. The van der Waals surface area contributed by atoms with E-state index in [2.05, 4.69) is 72.3 Å². The normalized spacial score (nSPS) is 19.8. The van der Waals surface area contributed by atoms with Gasteiger partial charge in [0.15, 0.2) is 0 Å². The summed E-state index contributed by atoms with van der Waals surface area (Å²) < 4.78 is 1.19. The molecule has 0 nitrogen and oxygen atoms in total. The van der Waals surface area contributed by atoms with Gasteiger partial charge in [-0.25, -0.2) is 0 Å². The first-order chi connectivity index (χ1) is 9.19. The van der Waals surface area contributed by atoms with Crippen molar-refractivity contribution in [3.05, 3.63) is 58.1 Å². The largest absolute Gasteiger partial charge is 0.0877 e. The lowest BCUT2D eigenvalue weighted by Crippen LogP contribution is -2.30. The van der Waals surface area contributed by atoms with Crippen LogP contribution in [0.2, 0.25) is 0 Å². The highest BCUT2D eigenvalue weighted by molar-refractivity contribution is 9.10. The lowest BCUT2D eigenvalue weighted by atomic mass is 9.65. The van der Waals surface area contributed by atoms with Gasteiger partial charge < -0.3 is 0 Å². The first-order valence-corrected chi connectivity index (χ1v) is 8.04. The molecule has 19 heavy (non-hydrogen) atoms. The summed E-state index contributed by atoms with van der Waals surface area (Å²) in [5.74, 6) is 0. The molecule has 1 heteroatoms. The lowest BCUT2D eigenvalue weighted by molar-refractivity contribution is 0.339. The van der Waals surface area contributed by atoms with Gasteiger partial charge >= 0.3 is 0 Å². The van der Waals surface area contributed by atoms with E-state index in [-0.39, 0.29) is 5.41 Å². The van der Waals surface area contributed by atoms with E-state index in [1.54, 1.807) is 0 Å². The maximum absolute atomic E-state index is 3.62. The summed E-state index contributed by atoms with van der Waals surface area (Å²) >= 11 is 3.62. The molecule has 1 aromatic rings. The van der Waals surface area contributed by atoms with Gasteiger partial charge in [-0.2, -0.15) is 0 Å². The van der Waals surface area contributed by atoms with Crippen molar-refractivity contribution in [2.75, 3.05) is 0 Å². The van der Waals surface area contributed by atoms with Crippen molar-refractivity contribution in [2.24, 2.45) is 0 Å². The van der Waals surface area contributed by atoms with Crippen LogP contribution in [0.3, 0.4) is 0 Å². The number of hydrogen-bond acceptors (Lipinski definition) is 0. The highest BCUT2D eigenvalue weighted by Gasteiger charge is 2.35. The zero-order valence-electron chi connectivity index (χ0n) is 12.0. The molecular weight excluding hydrogens is 296 g/mol. The van der Waals surface area contributed by atoms with Crippen LogP contribution in [0.1, 0.15) is 51.5 Å². The quantitative estimate of drug-likeness (QED) is 0.584. The highest BCUT2D eigenvalue weighted by atomic mass is 79.9. The Morgan fingerprint density at radius 3 is 2.58 bits per heavy atom. The van der Waals surface area contributed by atoms with Gasteiger partial charge in [-0.3, -0.25) is 0 Å². The fourth-order valence-electron chi connectivity index (χ4n) is 3.25. The molecule has 1 fully saturated rings. The van der Waals surface area contributed by atoms with Crippen molar-refractivity contribution >= 4 is 15.9 Å². The van der Waals surface area contributed by atoms with Gasteiger partial charge in [-0.15, -0.1) is 0 Å². The summed E-state index contributed by atoms with van der Waals surface area (Å²) in [6, 6.07) is 8.88. The maximum Gasteiger partial charge on any atom is 0.0178 e.